The molecule has 1 N–H and O–H groups in total. The molecule has 5 rings (SSSR count). The summed E-state index contributed by atoms with van der Waals surface area (Å²) in [5, 5.41) is 8.01. The number of hydrogen-bond donors (Lipinski definition) is 1. The van der Waals surface area contributed by atoms with Crippen LogP contribution in [0.15, 0.2) is 42.6 Å². The highest BCUT2D eigenvalue weighted by molar-refractivity contribution is 6.30. The van der Waals surface area contributed by atoms with Gasteiger partial charge >= 0.3 is 0 Å². The Morgan fingerprint density at radius 2 is 1.85 bits per heavy atom. The zero-order valence-corrected chi connectivity index (χ0v) is 19.4. The van der Waals surface area contributed by atoms with E-state index in [0.717, 1.165) is 49.0 Å². The summed E-state index contributed by atoms with van der Waals surface area (Å²) in [4.78, 5) is 32.3. The topological polar surface area (TPSA) is 80.1 Å². The summed E-state index contributed by atoms with van der Waals surface area (Å²) >= 11 is 5.86. The lowest BCUT2D eigenvalue weighted by Gasteiger charge is -2.31. The van der Waals surface area contributed by atoms with Crippen LogP contribution in [0.1, 0.15) is 47.4 Å². The molecule has 2 aliphatic rings. The van der Waals surface area contributed by atoms with Crippen LogP contribution in [0.5, 0.6) is 0 Å². The molecule has 0 radical (unpaired) electrons. The summed E-state index contributed by atoms with van der Waals surface area (Å²) in [7, 11) is 0. The minimum Gasteiger partial charge on any atom is -0.336 e. The average molecular weight is 482 g/mol. The predicted octanol–water partition coefficient (Wildman–Crippen LogP) is 4.43. The lowest BCUT2D eigenvalue weighted by Crippen LogP contribution is -2.44. The highest BCUT2D eigenvalue weighted by atomic mass is 35.5. The van der Waals surface area contributed by atoms with Gasteiger partial charge in [-0.3, -0.25) is 9.59 Å². The van der Waals surface area contributed by atoms with Crippen LogP contribution in [-0.4, -0.2) is 44.6 Å². The molecule has 1 saturated heterocycles. The van der Waals surface area contributed by atoms with Gasteiger partial charge in [-0.2, -0.15) is 5.10 Å². The van der Waals surface area contributed by atoms with E-state index in [4.69, 9.17) is 16.7 Å². The number of likely N-dealkylation sites (tertiary alicyclic amines) is 1. The van der Waals surface area contributed by atoms with Crippen molar-refractivity contribution in [2.75, 3.05) is 18.4 Å². The molecule has 2 amide bonds. The van der Waals surface area contributed by atoms with Gasteiger partial charge in [0.2, 0.25) is 5.91 Å². The molecule has 176 valence electrons. The maximum atomic E-state index is 13.6. The monoisotopic (exact) mass is 481 g/mol. The maximum Gasteiger partial charge on any atom is 0.274 e. The van der Waals surface area contributed by atoms with Crippen LogP contribution in [0.25, 0.3) is 5.69 Å². The third-order valence-electron chi connectivity index (χ3n) is 6.51. The quantitative estimate of drug-likeness (QED) is 0.597. The maximum absolute atomic E-state index is 13.6. The molecule has 34 heavy (non-hydrogen) atoms. The van der Waals surface area contributed by atoms with E-state index in [-0.39, 0.29) is 23.5 Å². The van der Waals surface area contributed by atoms with Gasteiger partial charge in [0, 0.05) is 30.5 Å². The normalized spacial score (nSPS) is 17.8. The number of benzene rings is 1. The van der Waals surface area contributed by atoms with Crippen LogP contribution in [0.2, 0.25) is 5.02 Å². The fourth-order valence-corrected chi connectivity index (χ4v) is 4.88. The van der Waals surface area contributed by atoms with Crippen molar-refractivity contribution in [2.45, 2.75) is 38.5 Å². The highest BCUT2D eigenvalue weighted by Crippen LogP contribution is 2.29. The number of hydrogen-bond acceptors (Lipinski definition) is 4. The van der Waals surface area contributed by atoms with Crippen LogP contribution in [-0.2, 0) is 17.6 Å². The SMILES string of the molecule is O=C(Nc1ccc(Cl)cn1)C1CCCN(C(=O)c2nn(-c3ccc(F)cc3)c3c2CCCC3)C1. The van der Waals surface area contributed by atoms with E-state index < -0.39 is 0 Å². The van der Waals surface area contributed by atoms with Gasteiger partial charge in [-0.1, -0.05) is 11.6 Å². The van der Waals surface area contributed by atoms with Crippen molar-refractivity contribution >= 4 is 29.2 Å². The van der Waals surface area contributed by atoms with Gasteiger partial charge in [-0.15, -0.1) is 0 Å². The third kappa shape index (κ3) is 4.55. The number of pyridine rings is 1. The van der Waals surface area contributed by atoms with Crippen molar-refractivity contribution in [1.29, 1.82) is 0 Å². The summed E-state index contributed by atoms with van der Waals surface area (Å²) in [5.41, 5.74) is 3.17. The van der Waals surface area contributed by atoms with Crippen LogP contribution >= 0.6 is 11.6 Å². The van der Waals surface area contributed by atoms with Gasteiger partial charge < -0.3 is 10.2 Å². The first kappa shape index (κ1) is 22.5. The minimum atomic E-state index is -0.329. The number of nitrogens with one attached hydrogen (secondary N) is 1. The van der Waals surface area contributed by atoms with Crippen LogP contribution in [0.3, 0.4) is 0 Å². The fourth-order valence-electron chi connectivity index (χ4n) is 4.77. The molecule has 2 aromatic heterocycles. The van der Waals surface area contributed by atoms with Crippen molar-refractivity contribution in [2.24, 2.45) is 5.92 Å². The summed E-state index contributed by atoms with van der Waals surface area (Å²) in [6.45, 7) is 0.913. The van der Waals surface area contributed by atoms with Gasteiger partial charge in [0.15, 0.2) is 5.69 Å². The minimum absolute atomic E-state index is 0.152. The molecule has 3 heterocycles. The van der Waals surface area contributed by atoms with E-state index in [0.29, 0.717) is 36.0 Å². The molecule has 1 aromatic carbocycles. The summed E-state index contributed by atoms with van der Waals surface area (Å²) in [6, 6.07) is 9.48. The second-order valence-corrected chi connectivity index (χ2v) is 9.25. The summed E-state index contributed by atoms with van der Waals surface area (Å²) < 4.78 is 15.2. The standard InChI is InChI=1S/C25H25ClFN5O2/c26-17-7-12-22(28-14-17)29-24(33)16-4-3-13-31(15-16)25(34)23-20-5-1-2-6-21(20)32(30-23)19-10-8-18(27)9-11-19/h7-12,14,16H,1-6,13,15H2,(H,28,29,33). The molecule has 9 heteroatoms. The first-order valence-electron chi connectivity index (χ1n) is 11.6. The Bertz CT molecular complexity index is 1210. The number of rotatable bonds is 4. The Labute approximate surface area is 201 Å². The average Bonchev–Trinajstić information content (AvgIpc) is 3.25. The molecule has 0 spiro atoms. The van der Waals surface area contributed by atoms with Crippen molar-refractivity contribution in [3.05, 3.63) is 70.4 Å². The number of carbonyl (C=O) groups excluding carboxylic acids is 2. The fraction of sp³-hybridized carbons (Fsp3) is 0.360. The van der Waals surface area contributed by atoms with Crippen molar-refractivity contribution in [1.82, 2.24) is 19.7 Å². The molecule has 3 aromatic rings. The molecule has 0 saturated carbocycles. The zero-order chi connectivity index (χ0) is 23.7. The molecule has 0 bridgehead atoms. The van der Waals surface area contributed by atoms with Crippen LogP contribution in [0, 0.1) is 11.7 Å². The Kier molecular flexibility index (Phi) is 6.32. The number of fused-ring (bicyclic) bond motifs is 1. The first-order chi connectivity index (χ1) is 16.5. The third-order valence-corrected chi connectivity index (χ3v) is 6.74. The van der Waals surface area contributed by atoms with Gasteiger partial charge in [0.1, 0.15) is 11.6 Å². The number of amides is 2. The second-order valence-electron chi connectivity index (χ2n) is 8.81. The Hall–Kier alpha value is -3.26. The lowest BCUT2D eigenvalue weighted by atomic mass is 9.93. The number of carbonyl (C=O) groups is 2. The first-order valence-corrected chi connectivity index (χ1v) is 12.0. The Morgan fingerprint density at radius 1 is 1.06 bits per heavy atom. The summed E-state index contributed by atoms with van der Waals surface area (Å²) in [5.74, 6) is -0.519. The number of anilines is 1. The molecule has 1 unspecified atom stereocenters. The molecular weight excluding hydrogens is 457 g/mol. The highest BCUT2D eigenvalue weighted by Gasteiger charge is 2.33. The van der Waals surface area contributed by atoms with Crippen molar-refractivity contribution in [3.63, 3.8) is 0 Å². The van der Waals surface area contributed by atoms with E-state index in [1.807, 2.05) is 0 Å². The van der Waals surface area contributed by atoms with E-state index in [2.05, 4.69) is 10.3 Å². The van der Waals surface area contributed by atoms with Gasteiger partial charge in [-0.05, 0) is 74.9 Å². The second kappa shape index (κ2) is 9.54. The molecule has 1 aliphatic heterocycles. The van der Waals surface area contributed by atoms with E-state index in [1.54, 1.807) is 33.8 Å². The lowest BCUT2D eigenvalue weighted by molar-refractivity contribution is -0.121. The molecule has 1 aliphatic carbocycles. The Balaban J connectivity index is 1.36. The zero-order valence-electron chi connectivity index (χ0n) is 18.6. The van der Waals surface area contributed by atoms with E-state index in [9.17, 15) is 14.0 Å². The largest absolute Gasteiger partial charge is 0.336 e. The van der Waals surface area contributed by atoms with Crippen molar-refractivity contribution in [3.8, 4) is 5.69 Å². The van der Waals surface area contributed by atoms with E-state index >= 15 is 0 Å². The van der Waals surface area contributed by atoms with Crippen molar-refractivity contribution < 1.29 is 14.0 Å². The number of piperidine rings is 1. The number of halogens is 2. The van der Waals surface area contributed by atoms with E-state index in [1.165, 1.54) is 18.3 Å². The molecule has 7 nitrogen and oxygen atoms in total. The Morgan fingerprint density at radius 3 is 2.62 bits per heavy atom. The molecule has 1 fully saturated rings. The van der Waals surface area contributed by atoms with Crippen LogP contribution in [0.4, 0.5) is 10.2 Å². The molecule has 1 atom stereocenters. The van der Waals surface area contributed by atoms with Crippen LogP contribution < -0.4 is 5.32 Å². The molecular formula is C25H25ClFN5O2. The number of aromatic nitrogens is 3. The summed E-state index contributed by atoms with van der Waals surface area (Å²) in [6.07, 6.45) is 6.56. The van der Waals surface area contributed by atoms with Gasteiger partial charge in [0.05, 0.1) is 16.6 Å². The van der Waals surface area contributed by atoms with Gasteiger partial charge in [0.25, 0.3) is 5.91 Å². The smallest absolute Gasteiger partial charge is 0.274 e. The van der Waals surface area contributed by atoms with Gasteiger partial charge in [-0.25, -0.2) is 14.1 Å². The number of nitrogens with zero attached hydrogens (tertiary/aromatic N) is 4. The predicted molar refractivity (Wildman–Crippen MR) is 127 cm³/mol.